The number of hydrogen-bond acceptors (Lipinski definition) is 2. The molecule has 0 aromatic heterocycles. The summed E-state index contributed by atoms with van der Waals surface area (Å²) in [4.78, 5) is 14.6. The highest BCUT2D eigenvalue weighted by Gasteiger charge is 2.22. The molecular weight excluding hydrogens is 236 g/mol. The summed E-state index contributed by atoms with van der Waals surface area (Å²) < 4.78 is 0. The third-order valence-corrected chi connectivity index (χ3v) is 3.63. The lowest BCUT2D eigenvalue weighted by atomic mass is 10.0. The van der Waals surface area contributed by atoms with Crippen LogP contribution in [-0.2, 0) is 0 Å². The van der Waals surface area contributed by atoms with Crippen molar-refractivity contribution in [3.63, 3.8) is 0 Å². The highest BCUT2D eigenvalue weighted by atomic mass is 16.2. The van der Waals surface area contributed by atoms with Gasteiger partial charge in [-0.1, -0.05) is 31.5 Å². The number of benzene rings is 1. The number of hydrogen-bond donors (Lipinski definition) is 1. The van der Waals surface area contributed by atoms with Crippen molar-refractivity contribution in [2.24, 2.45) is 5.73 Å². The van der Waals surface area contributed by atoms with Crippen molar-refractivity contribution >= 4 is 5.91 Å². The van der Waals surface area contributed by atoms with Gasteiger partial charge in [0.05, 0.1) is 0 Å². The van der Waals surface area contributed by atoms with Crippen molar-refractivity contribution in [3.8, 4) is 0 Å². The predicted molar refractivity (Wildman–Crippen MR) is 80.4 cm³/mol. The number of carbonyl (C=O) groups is 1. The van der Waals surface area contributed by atoms with Crippen molar-refractivity contribution in [2.75, 3.05) is 13.1 Å². The predicted octanol–water partition coefficient (Wildman–Crippen LogP) is 2.89. The number of carbonyl (C=O) groups excluding carboxylic acids is 1. The molecule has 0 heterocycles. The Morgan fingerprint density at radius 1 is 1.26 bits per heavy atom. The van der Waals surface area contributed by atoms with Crippen LogP contribution in [0, 0.1) is 13.8 Å². The van der Waals surface area contributed by atoms with Gasteiger partial charge in [-0.3, -0.25) is 4.79 Å². The van der Waals surface area contributed by atoms with Crippen molar-refractivity contribution in [3.05, 3.63) is 34.9 Å². The molecule has 0 spiro atoms. The van der Waals surface area contributed by atoms with E-state index in [1.54, 1.807) is 0 Å². The minimum absolute atomic E-state index is 0.108. The molecule has 1 amide bonds. The average Bonchev–Trinajstić information content (AvgIpc) is 2.38. The van der Waals surface area contributed by atoms with E-state index in [1.807, 2.05) is 30.9 Å². The molecule has 0 unspecified atom stereocenters. The largest absolute Gasteiger partial charge is 0.334 e. The van der Waals surface area contributed by atoms with Crippen LogP contribution in [0.4, 0.5) is 0 Å². The molecule has 19 heavy (non-hydrogen) atoms. The summed E-state index contributed by atoms with van der Waals surface area (Å²) in [5.74, 6) is 0.108. The summed E-state index contributed by atoms with van der Waals surface area (Å²) in [5, 5.41) is 0. The Balaban J connectivity index is 3.04. The molecule has 0 bridgehead atoms. The molecule has 3 nitrogen and oxygen atoms in total. The SMILES string of the molecule is CCC(CC)N(CCN)C(=O)c1ccc(C)cc1C. The van der Waals surface area contributed by atoms with Crippen LogP contribution in [0.2, 0.25) is 0 Å². The van der Waals surface area contributed by atoms with Crippen molar-refractivity contribution in [1.82, 2.24) is 4.90 Å². The number of rotatable bonds is 6. The van der Waals surface area contributed by atoms with Crippen LogP contribution in [0.25, 0.3) is 0 Å². The lowest BCUT2D eigenvalue weighted by Gasteiger charge is -2.30. The molecule has 1 rings (SSSR count). The maximum Gasteiger partial charge on any atom is 0.254 e. The third-order valence-electron chi connectivity index (χ3n) is 3.63. The Bertz CT molecular complexity index is 425. The van der Waals surface area contributed by atoms with E-state index in [-0.39, 0.29) is 11.9 Å². The smallest absolute Gasteiger partial charge is 0.254 e. The fraction of sp³-hybridized carbons (Fsp3) is 0.562. The molecular formula is C16H26N2O. The summed E-state index contributed by atoms with van der Waals surface area (Å²) in [6.45, 7) is 9.40. The van der Waals surface area contributed by atoms with E-state index >= 15 is 0 Å². The Morgan fingerprint density at radius 2 is 1.89 bits per heavy atom. The normalized spacial score (nSPS) is 10.8. The number of amides is 1. The molecule has 0 aliphatic rings. The summed E-state index contributed by atoms with van der Waals surface area (Å²) in [6, 6.07) is 6.25. The zero-order valence-electron chi connectivity index (χ0n) is 12.6. The van der Waals surface area contributed by atoms with Crippen molar-refractivity contribution in [1.29, 1.82) is 0 Å². The molecule has 3 heteroatoms. The van der Waals surface area contributed by atoms with Gasteiger partial charge < -0.3 is 10.6 Å². The van der Waals surface area contributed by atoms with E-state index in [1.165, 1.54) is 5.56 Å². The van der Waals surface area contributed by atoms with Crippen molar-refractivity contribution in [2.45, 2.75) is 46.6 Å². The summed E-state index contributed by atoms with van der Waals surface area (Å²) in [7, 11) is 0. The van der Waals surface area contributed by atoms with Gasteiger partial charge >= 0.3 is 0 Å². The fourth-order valence-corrected chi connectivity index (χ4v) is 2.53. The highest BCUT2D eigenvalue weighted by Crippen LogP contribution is 2.17. The quantitative estimate of drug-likeness (QED) is 0.857. The first-order chi connectivity index (χ1) is 9.04. The summed E-state index contributed by atoms with van der Waals surface area (Å²) >= 11 is 0. The van der Waals surface area contributed by atoms with Gasteiger partial charge in [-0.2, -0.15) is 0 Å². The number of nitrogens with two attached hydrogens (primary N) is 1. The van der Waals surface area contributed by atoms with Gasteiger partial charge in [0.1, 0.15) is 0 Å². The Kier molecular flexibility index (Phi) is 6.03. The minimum Gasteiger partial charge on any atom is -0.334 e. The molecule has 0 saturated carbocycles. The molecule has 0 saturated heterocycles. The van der Waals surface area contributed by atoms with Gasteiger partial charge in [-0.25, -0.2) is 0 Å². The van der Waals surface area contributed by atoms with Crippen LogP contribution in [0.3, 0.4) is 0 Å². The van der Waals surface area contributed by atoms with E-state index < -0.39 is 0 Å². The molecule has 1 aromatic rings. The molecule has 0 aliphatic carbocycles. The van der Waals surface area contributed by atoms with Crippen LogP contribution in [0.1, 0.15) is 48.2 Å². The zero-order chi connectivity index (χ0) is 14.4. The molecule has 0 atom stereocenters. The lowest BCUT2D eigenvalue weighted by Crippen LogP contribution is -2.43. The summed E-state index contributed by atoms with van der Waals surface area (Å²) in [6.07, 6.45) is 1.93. The fourth-order valence-electron chi connectivity index (χ4n) is 2.53. The van der Waals surface area contributed by atoms with E-state index in [0.717, 1.165) is 24.0 Å². The van der Waals surface area contributed by atoms with E-state index in [0.29, 0.717) is 13.1 Å². The maximum atomic E-state index is 12.7. The minimum atomic E-state index is 0.108. The van der Waals surface area contributed by atoms with Gasteiger partial charge in [0.15, 0.2) is 0 Å². The van der Waals surface area contributed by atoms with Crippen LogP contribution >= 0.6 is 0 Å². The number of nitrogens with zero attached hydrogens (tertiary/aromatic N) is 1. The lowest BCUT2D eigenvalue weighted by molar-refractivity contribution is 0.0673. The van der Waals surface area contributed by atoms with Gasteiger partial charge in [-0.05, 0) is 38.3 Å². The van der Waals surface area contributed by atoms with Gasteiger partial charge in [-0.15, -0.1) is 0 Å². The molecule has 2 N–H and O–H groups in total. The highest BCUT2D eigenvalue weighted by molar-refractivity contribution is 5.96. The zero-order valence-corrected chi connectivity index (χ0v) is 12.6. The van der Waals surface area contributed by atoms with Crippen LogP contribution < -0.4 is 5.73 Å². The van der Waals surface area contributed by atoms with Crippen LogP contribution in [0.5, 0.6) is 0 Å². The Hall–Kier alpha value is -1.35. The standard InChI is InChI=1S/C16H26N2O/c1-5-14(6-2)18(10-9-17)16(19)15-8-7-12(3)11-13(15)4/h7-8,11,14H,5-6,9-10,17H2,1-4H3. The summed E-state index contributed by atoms with van der Waals surface area (Å²) in [5.41, 5.74) is 8.68. The Labute approximate surface area is 116 Å². The second kappa shape index (κ2) is 7.29. The molecule has 106 valence electrons. The third kappa shape index (κ3) is 3.80. The van der Waals surface area contributed by atoms with Crippen molar-refractivity contribution < 1.29 is 4.79 Å². The molecule has 0 fully saturated rings. The number of aryl methyl sites for hydroxylation is 2. The topological polar surface area (TPSA) is 46.3 Å². The van der Waals surface area contributed by atoms with E-state index in [2.05, 4.69) is 19.9 Å². The second-order valence-electron chi connectivity index (χ2n) is 5.08. The monoisotopic (exact) mass is 262 g/mol. The van der Waals surface area contributed by atoms with Gasteiger partial charge in [0, 0.05) is 24.7 Å². The first-order valence-corrected chi connectivity index (χ1v) is 7.13. The molecule has 0 radical (unpaired) electrons. The van der Waals surface area contributed by atoms with Gasteiger partial charge in [0.25, 0.3) is 5.91 Å². The first-order valence-electron chi connectivity index (χ1n) is 7.13. The Morgan fingerprint density at radius 3 is 2.37 bits per heavy atom. The van der Waals surface area contributed by atoms with E-state index in [4.69, 9.17) is 5.73 Å². The first kappa shape index (κ1) is 15.7. The van der Waals surface area contributed by atoms with E-state index in [9.17, 15) is 4.79 Å². The van der Waals surface area contributed by atoms with Crippen LogP contribution in [-0.4, -0.2) is 29.9 Å². The van der Waals surface area contributed by atoms with Crippen LogP contribution in [0.15, 0.2) is 18.2 Å². The molecule has 0 aliphatic heterocycles. The molecule has 1 aromatic carbocycles. The average molecular weight is 262 g/mol. The second-order valence-corrected chi connectivity index (χ2v) is 5.08. The van der Waals surface area contributed by atoms with Gasteiger partial charge in [0.2, 0.25) is 0 Å². The maximum absolute atomic E-state index is 12.7.